The van der Waals surface area contributed by atoms with Gasteiger partial charge in [-0.05, 0) is 49.1 Å². The molecule has 4 nitrogen and oxygen atoms in total. The summed E-state index contributed by atoms with van der Waals surface area (Å²) >= 11 is 0. The zero-order valence-electron chi connectivity index (χ0n) is 18.3. The smallest absolute Gasteiger partial charge is 0.372 e. The van der Waals surface area contributed by atoms with E-state index in [2.05, 4.69) is 10.6 Å². The summed E-state index contributed by atoms with van der Waals surface area (Å²) in [5.41, 5.74) is -2.83. The lowest BCUT2D eigenvalue weighted by atomic mass is 9.79. The Hall–Kier alpha value is -2.59. The second-order valence-corrected chi connectivity index (χ2v) is 8.91. The fraction of sp³-hybridized carbons (Fsp3) is 0.458. The van der Waals surface area contributed by atoms with Gasteiger partial charge in [0.05, 0.1) is 29.4 Å². The molecule has 2 heterocycles. The molecule has 0 aliphatic carbocycles. The van der Waals surface area contributed by atoms with Gasteiger partial charge in [0.15, 0.2) is 0 Å². The number of nitrogens with one attached hydrogen (secondary N) is 2. The van der Waals surface area contributed by atoms with Gasteiger partial charge in [0.1, 0.15) is 0 Å². The number of halogens is 6. The first kappa shape index (κ1) is 24.5. The molecule has 0 saturated carbocycles. The number of alkyl halides is 6. The summed E-state index contributed by atoms with van der Waals surface area (Å²) in [5, 5.41) is 6.41. The summed E-state index contributed by atoms with van der Waals surface area (Å²) in [6, 6.07) is 10.6. The molecule has 2 aromatic rings. The van der Waals surface area contributed by atoms with E-state index in [0.29, 0.717) is 25.0 Å². The fourth-order valence-electron chi connectivity index (χ4n) is 4.72. The van der Waals surface area contributed by atoms with E-state index in [4.69, 9.17) is 4.74 Å². The Bertz CT molecular complexity index is 1010. The van der Waals surface area contributed by atoms with Crippen LogP contribution in [0.5, 0.6) is 0 Å². The minimum absolute atomic E-state index is 0.00713. The zero-order chi connectivity index (χ0) is 24.7. The average molecular weight is 486 g/mol. The van der Waals surface area contributed by atoms with E-state index in [0.717, 1.165) is 5.56 Å². The Morgan fingerprint density at radius 3 is 2.21 bits per heavy atom. The number of ether oxygens (including phenoxy) is 1. The Balaban J connectivity index is 1.61. The maximum absolute atomic E-state index is 13.3. The van der Waals surface area contributed by atoms with Crippen molar-refractivity contribution in [2.75, 3.05) is 6.61 Å². The minimum Gasteiger partial charge on any atom is -0.372 e. The van der Waals surface area contributed by atoms with Gasteiger partial charge in [0.2, 0.25) is 5.91 Å². The number of hydrogen-bond acceptors (Lipinski definition) is 3. The molecule has 4 rings (SSSR count). The van der Waals surface area contributed by atoms with Gasteiger partial charge in [-0.3, -0.25) is 4.79 Å². The van der Waals surface area contributed by atoms with Crippen molar-refractivity contribution in [1.82, 2.24) is 10.6 Å². The largest absolute Gasteiger partial charge is 0.416 e. The maximum atomic E-state index is 13.3. The molecule has 1 amide bonds. The third-order valence-electron chi connectivity index (χ3n) is 6.57. The monoisotopic (exact) mass is 486 g/mol. The molecule has 10 heteroatoms. The van der Waals surface area contributed by atoms with Gasteiger partial charge in [0, 0.05) is 18.5 Å². The van der Waals surface area contributed by atoms with Crippen LogP contribution in [0.15, 0.2) is 48.5 Å². The average Bonchev–Trinajstić information content (AvgIpc) is 3.15. The van der Waals surface area contributed by atoms with Gasteiger partial charge in [-0.2, -0.15) is 26.3 Å². The van der Waals surface area contributed by atoms with Crippen LogP contribution in [0.2, 0.25) is 0 Å². The summed E-state index contributed by atoms with van der Waals surface area (Å²) in [4.78, 5) is 11.9. The molecule has 0 aromatic heterocycles. The quantitative estimate of drug-likeness (QED) is 0.562. The third-order valence-corrected chi connectivity index (χ3v) is 6.57. The molecule has 2 aromatic carbocycles. The van der Waals surface area contributed by atoms with Crippen molar-refractivity contribution in [2.45, 2.75) is 62.3 Å². The number of carbonyl (C=O) groups is 1. The first-order valence-corrected chi connectivity index (χ1v) is 10.9. The predicted octanol–water partition coefficient (Wildman–Crippen LogP) is 5.34. The summed E-state index contributed by atoms with van der Waals surface area (Å²) in [7, 11) is 0. The first-order valence-electron chi connectivity index (χ1n) is 10.9. The molecule has 2 saturated heterocycles. The van der Waals surface area contributed by atoms with Crippen LogP contribution in [0, 0.1) is 0 Å². The van der Waals surface area contributed by atoms with Crippen molar-refractivity contribution in [3.05, 3.63) is 70.8 Å². The zero-order valence-corrected chi connectivity index (χ0v) is 18.3. The topological polar surface area (TPSA) is 50.4 Å². The van der Waals surface area contributed by atoms with E-state index in [1.807, 2.05) is 30.3 Å². The van der Waals surface area contributed by atoms with Crippen LogP contribution in [-0.2, 0) is 27.4 Å². The molecule has 2 aliphatic rings. The molecule has 1 unspecified atom stereocenters. The standard InChI is InChI=1S/C24H24F6N2O2/c1-14(15-9-17(23(25,26)27)11-18(10-15)24(28,29)30)34-13-22(16-5-3-2-4-6-16)8-7-19-20(32-22)12-21(33)31-19/h2-6,9-11,14,19-20,32H,7-8,12-13H2,1H3,(H,31,33)/t14-,19-,20?,22-/m1/s1. The summed E-state index contributed by atoms with van der Waals surface area (Å²) < 4.78 is 85.5. The van der Waals surface area contributed by atoms with E-state index in [1.54, 1.807) is 0 Å². The van der Waals surface area contributed by atoms with Gasteiger partial charge in [0.25, 0.3) is 0 Å². The van der Waals surface area contributed by atoms with E-state index in [9.17, 15) is 31.1 Å². The minimum atomic E-state index is -4.93. The fourth-order valence-corrected chi connectivity index (χ4v) is 4.72. The Morgan fingerprint density at radius 1 is 1.00 bits per heavy atom. The molecule has 184 valence electrons. The van der Waals surface area contributed by atoms with Crippen molar-refractivity contribution in [2.24, 2.45) is 0 Å². The number of piperidine rings is 1. The Kier molecular flexibility index (Phi) is 6.41. The highest BCUT2D eigenvalue weighted by Gasteiger charge is 2.46. The first-order chi connectivity index (χ1) is 15.9. The third kappa shape index (κ3) is 5.07. The molecular weight excluding hydrogens is 462 g/mol. The molecule has 0 radical (unpaired) electrons. The number of carbonyl (C=O) groups excluding carboxylic acids is 1. The normalized spacial score (nSPS) is 26.1. The molecule has 2 aliphatic heterocycles. The van der Waals surface area contributed by atoms with Crippen molar-refractivity contribution in [3.8, 4) is 0 Å². The van der Waals surface area contributed by atoms with E-state index < -0.39 is 35.1 Å². The van der Waals surface area contributed by atoms with Crippen molar-refractivity contribution in [1.29, 1.82) is 0 Å². The number of benzene rings is 2. The number of amides is 1. The molecular formula is C24H24F6N2O2. The Labute approximate surface area is 192 Å². The molecule has 0 spiro atoms. The molecule has 2 N–H and O–H groups in total. The Morgan fingerprint density at radius 2 is 1.62 bits per heavy atom. The van der Waals surface area contributed by atoms with E-state index >= 15 is 0 Å². The van der Waals surface area contributed by atoms with Gasteiger partial charge >= 0.3 is 12.4 Å². The lowest BCUT2D eigenvalue weighted by Gasteiger charge is -2.44. The van der Waals surface area contributed by atoms with Crippen molar-refractivity contribution >= 4 is 5.91 Å². The van der Waals surface area contributed by atoms with Crippen LogP contribution >= 0.6 is 0 Å². The van der Waals surface area contributed by atoms with Crippen molar-refractivity contribution < 1.29 is 35.9 Å². The highest BCUT2D eigenvalue weighted by atomic mass is 19.4. The maximum Gasteiger partial charge on any atom is 0.416 e. The van der Waals surface area contributed by atoms with Gasteiger partial charge in [-0.15, -0.1) is 0 Å². The number of fused-ring (bicyclic) bond motifs is 1. The molecule has 2 fully saturated rings. The molecule has 0 bridgehead atoms. The number of hydrogen-bond donors (Lipinski definition) is 2. The van der Waals surface area contributed by atoms with Crippen LogP contribution in [0.25, 0.3) is 0 Å². The predicted molar refractivity (Wildman–Crippen MR) is 112 cm³/mol. The molecule has 34 heavy (non-hydrogen) atoms. The highest BCUT2D eigenvalue weighted by molar-refractivity contribution is 5.79. The van der Waals surface area contributed by atoms with Crippen molar-refractivity contribution in [3.63, 3.8) is 0 Å². The number of rotatable bonds is 5. The van der Waals surface area contributed by atoms with E-state index in [-0.39, 0.29) is 42.6 Å². The van der Waals surface area contributed by atoms with Crippen LogP contribution in [0.3, 0.4) is 0 Å². The van der Waals surface area contributed by atoms with Crippen LogP contribution < -0.4 is 10.6 Å². The van der Waals surface area contributed by atoms with Crippen LogP contribution in [0.4, 0.5) is 26.3 Å². The lowest BCUT2D eigenvalue weighted by Crippen LogP contribution is -2.59. The van der Waals surface area contributed by atoms with Crippen LogP contribution in [-0.4, -0.2) is 24.6 Å². The van der Waals surface area contributed by atoms with Gasteiger partial charge in [-0.1, -0.05) is 30.3 Å². The summed E-state index contributed by atoms with van der Waals surface area (Å²) in [5.74, 6) is -0.0655. The van der Waals surface area contributed by atoms with Crippen LogP contribution in [0.1, 0.15) is 54.5 Å². The van der Waals surface area contributed by atoms with E-state index in [1.165, 1.54) is 6.92 Å². The summed E-state index contributed by atoms with van der Waals surface area (Å²) in [6.45, 7) is 1.44. The van der Waals surface area contributed by atoms with Gasteiger partial charge in [-0.25, -0.2) is 0 Å². The highest BCUT2D eigenvalue weighted by Crippen LogP contribution is 2.40. The summed E-state index contributed by atoms with van der Waals surface area (Å²) in [6.07, 6.45) is -9.37. The SMILES string of the molecule is C[C@@H](OC[C@@]1(c2ccccc2)CC[C@H]2NC(=O)CC2N1)c1cc(C(F)(F)F)cc(C(F)(F)F)c1. The lowest BCUT2D eigenvalue weighted by molar-refractivity contribution is -0.143. The second kappa shape index (κ2) is 8.88. The molecule has 4 atom stereocenters. The van der Waals surface area contributed by atoms with Gasteiger partial charge < -0.3 is 15.4 Å². The second-order valence-electron chi connectivity index (χ2n) is 8.91.